The number of aromatic nitrogens is 1. The van der Waals surface area contributed by atoms with Crippen LogP contribution in [0.1, 0.15) is 41.3 Å². The van der Waals surface area contributed by atoms with Crippen LogP contribution in [0.4, 0.5) is 10.5 Å². The fourth-order valence-electron chi connectivity index (χ4n) is 3.29. The van der Waals surface area contributed by atoms with Crippen LogP contribution in [-0.4, -0.2) is 47.6 Å². The Balaban J connectivity index is 1.51. The van der Waals surface area contributed by atoms with E-state index in [0.29, 0.717) is 31.8 Å². The molecule has 2 amide bonds. The van der Waals surface area contributed by atoms with Crippen LogP contribution in [0, 0.1) is 6.92 Å². The molecule has 1 aromatic carbocycles. The monoisotopic (exact) mass is 396 g/mol. The van der Waals surface area contributed by atoms with Gasteiger partial charge in [0.2, 0.25) is 0 Å². The number of piperidine rings is 1. The highest BCUT2D eigenvalue weighted by Crippen LogP contribution is 2.17. The standard InChI is InChI=1S/C22H28N4O3/c1-3-29-22(28)26-10-8-19(9-11-26)25-20-12-18(14-23-15-20)21(27)24-13-17-6-4-16(2)5-7-17/h4-7,12,14-15,19,25H,3,8-11,13H2,1-2H3,(H,24,27). The number of carbonyl (C=O) groups is 2. The minimum absolute atomic E-state index is 0.154. The van der Waals surface area contributed by atoms with Crippen molar-refractivity contribution >= 4 is 17.7 Å². The highest BCUT2D eigenvalue weighted by Gasteiger charge is 2.23. The zero-order chi connectivity index (χ0) is 20.6. The predicted octanol–water partition coefficient (Wildman–Crippen LogP) is 3.35. The Morgan fingerprint density at radius 1 is 1.17 bits per heavy atom. The smallest absolute Gasteiger partial charge is 0.409 e. The molecule has 0 saturated carbocycles. The third kappa shape index (κ3) is 5.94. The summed E-state index contributed by atoms with van der Waals surface area (Å²) in [6, 6.07) is 10.1. The zero-order valence-corrected chi connectivity index (χ0v) is 17.0. The molecule has 0 bridgehead atoms. The maximum absolute atomic E-state index is 12.5. The third-order valence-corrected chi connectivity index (χ3v) is 4.97. The van der Waals surface area contributed by atoms with Crippen molar-refractivity contribution in [2.45, 2.75) is 39.3 Å². The normalized spacial score (nSPS) is 14.3. The number of hydrogen-bond acceptors (Lipinski definition) is 5. The molecule has 1 aromatic heterocycles. The first-order valence-corrected chi connectivity index (χ1v) is 10.0. The van der Waals surface area contributed by atoms with Gasteiger partial charge in [0, 0.05) is 38.1 Å². The van der Waals surface area contributed by atoms with Crippen molar-refractivity contribution in [3.8, 4) is 0 Å². The van der Waals surface area contributed by atoms with Crippen LogP contribution in [0.25, 0.3) is 0 Å². The number of aryl methyl sites for hydroxylation is 1. The average molecular weight is 396 g/mol. The molecule has 29 heavy (non-hydrogen) atoms. The molecule has 0 spiro atoms. The highest BCUT2D eigenvalue weighted by atomic mass is 16.6. The number of carbonyl (C=O) groups excluding carboxylic acids is 2. The van der Waals surface area contributed by atoms with Crippen molar-refractivity contribution in [2.24, 2.45) is 0 Å². The third-order valence-electron chi connectivity index (χ3n) is 4.97. The molecule has 7 heteroatoms. The van der Waals surface area contributed by atoms with Gasteiger partial charge in [0.1, 0.15) is 0 Å². The largest absolute Gasteiger partial charge is 0.450 e. The summed E-state index contributed by atoms with van der Waals surface area (Å²) in [7, 11) is 0. The molecular formula is C22H28N4O3. The van der Waals surface area contributed by atoms with Crippen LogP contribution in [0.2, 0.25) is 0 Å². The number of pyridine rings is 1. The molecule has 2 aromatic rings. The summed E-state index contributed by atoms with van der Waals surface area (Å²) in [5.41, 5.74) is 3.57. The summed E-state index contributed by atoms with van der Waals surface area (Å²) in [6.45, 7) is 6.02. The van der Waals surface area contributed by atoms with E-state index in [1.165, 1.54) is 5.56 Å². The van der Waals surface area contributed by atoms with Gasteiger partial charge in [-0.15, -0.1) is 0 Å². The number of rotatable bonds is 6. The topological polar surface area (TPSA) is 83.6 Å². The van der Waals surface area contributed by atoms with E-state index in [4.69, 9.17) is 4.74 Å². The van der Waals surface area contributed by atoms with Crippen LogP contribution in [0.5, 0.6) is 0 Å². The molecule has 0 aliphatic carbocycles. The van der Waals surface area contributed by atoms with E-state index in [0.717, 1.165) is 24.1 Å². The highest BCUT2D eigenvalue weighted by molar-refractivity contribution is 5.94. The van der Waals surface area contributed by atoms with Crippen molar-refractivity contribution in [3.63, 3.8) is 0 Å². The molecule has 0 unspecified atom stereocenters. The van der Waals surface area contributed by atoms with Gasteiger partial charge in [-0.3, -0.25) is 9.78 Å². The van der Waals surface area contributed by atoms with Crippen molar-refractivity contribution in [1.82, 2.24) is 15.2 Å². The molecule has 3 rings (SSSR count). The van der Waals surface area contributed by atoms with Gasteiger partial charge in [0.15, 0.2) is 0 Å². The number of nitrogens with one attached hydrogen (secondary N) is 2. The van der Waals surface area contributed by atoms with Crippen LogP contribution in [0.15, 0.2) is 42.7 Å². The number of ether oxygens (including phenoxy) is 1. The van der Waals surface area contributed by atoms with Crippen molar-refractivity contribution < 1.29 is 14.3 Å². The number of likely N-dealkylation sites (tertiary alicyclic amines) is 1. The second-order valence-corrected chi connectivity index (χ2v) is 7.24. The molecule has 154 valence electrons. The number of nitrogens with zero attached hydrogens (tertiary/aromatic N) is 2. The fourth-order valence-corrected chi connectivity index (χ4v) is 3.29. The first-order valence-electron chi connectivity index (χ1n) is 10.0. The van der Waals surface area contributed by atoms with Crippen molar-refractivity contribution in [2.75, 3.05) is 25.0 Å². The lowest BCUT2D eigenvalue weighted by Crippen LogP contribution is -2.42. The van der Waals surface area contributed by atoms with Crippen LogP contribution >= 0.6 is 0 Å². The summed E-state index contributed by atoms with van der Waals surface area (Å²) < 4.78 is 5.05. The van der Waals surface area contributed by atoms with Gasteiger partial charge in [-0.05, 0) is 38.3 Å². The van der Waals surface area contributed by atoms with Gasteiger partial charge >= 0.3 is 6.09 Å². The second-order valence-electron chi connectivity index (χ2n) is 7.24. The van der Waals surface area contributed by atoms with Crippen molar-refractivity contribution in [3.05, 3.63) is 59.4 Å². The molecule has 0 atom stereocenters. The van der Waals surface area contributed by atoms with Gasteiger partial charge in [0.25, 0.3) is 5.91 Å². The van der Waals surface area contributed by atoms with E-state index in [1.54, 1.807) is 17.3 Å². The Hall–Kier alpha value is -3.09. The van der Waals surface area contributed by atoms with E-state index >= 15 is 0 Å². The number of benzene rings is 1. The maximum atomic E-state index is 12.5. The Morgan fingerprint density at radius 3 is 2.59 bits per heavy atom. The van der Waals surface area contributed by atoms with Crippen molar-refractivity contribution in [1.29, 1.82) is 0 Å². The quantitative estimate of drug-likeness (QED) is 0.782. The fraction of sp³-hybridized carbons (Fsp3) is 0.409. The molecule has 0 radical (unpaired) electrons. The van der Waals surface area contributed by atoms with Crippen LogP contribution in [-0.2, 0) is 11.3 Å². The first kappa shape index (κ1) is 20.6. The van der Waals surface area contributed by atoms with Gasteiger partial charge in [-0.25, -0.2) is 4.79 Å². The molecule has 2 N–H and O–H groups in total. The van der Waals surface area contributed by atoms with Gasteiger partial charge in [-0.1, -0.05) is 29.8 Å². The molecule has 1 aliphatic heterocycles. The van der Waals surface area contributed by atoms with Crippen LogP contribution < -0.4 is 10.6 Å². The Labute approximate surface area is 171 Å². The van der Waals surface area contributed by atoms with Gasteiger partial charge in [-0.2, -0.15) is 0 Å². The molecule has 7 nitrogen and oxygen atoms in total. The van der Waals surface area contributed by atoms with E-state index < -0.39 is 0 Å². The molecule has 1 aliphatic rings. The minimum Gasteiger partial charge on any atom is -0.450 e. The SMILES string of the molecule is CCOC(=O)N1CCC(Nc2cncc(C(=O)NCc3ccc(C)cc3)c2)CC1. The van der Waals surface area contributed by atoms with E-state index in [1.807, 2.05) is 44.2 Å². The number of hydrogen-bond donors (Lipinski definition) is 2. The number of anilines is 1. The van der Waals surface area contributed by atoms with E-state index in [-0.39, 0.29) is 18.0 Å². The first-order chi connectivity index (χ1) is 14.0. The van der Waals surface area contributed by atoms with Gasteiger partial charge < -0.3 is 20.3 Å². The molecular weight excluding hydrogens is 368 g/mol. The summed E-state index contributed by atoms with van der Waals surface area (Å²) in [5.74, 6) is -0.154. The summed E-state index contributed by atoms with van der Waals surface area (Å²) in [5, 5.41) is 6.36. The molecule has 1 saturated heterocycles. The average Bonchev–Trinajstić information content (AvgIpc) is 2.74. The van der Waals surface area contributed by atoms with E-state index in [2.05, 4.69) is 15.6 Å². The lowest BCUT2D eigenvalue weighted by molar-refractivity contribution is 0.0948. The van der Waals surface area contributed by atoms with Crippen LogP contribution in [0.3, 0.4) is 0 Å². The Kier molecular flexibility index (Phi) is 7.05. The predicted molar refractivity (Wildman–Crippen MR) is 112 cm³/mol. The van der Waals surface area contributed by atoms with Gasteiger partial charge in [0.05, 0.1) is 17.9 Å². The lowest BCUT2D eigenvalue weighted by atomic mass is 10.1. The lowest BCUT2D eigenvalue weighted by Gasteiger charge is -2.32. The Bertz CT molecular complexity index is 830. The summed E-state index contributed by atoms with van der Waals surface area (Å²) in [6.07, 6.45) is 4.68. The zero-order valence-electron chi connectivity index (χ0n) is 17.0. The number of amides is 2. The summed E-state index contributed by atoms with van der Waals surface area (Å²) >= 11 is 0. The van der Waals surface area contributed by atoms with E-state index in [9.17, 15) is 9.59 Å². The molecule has 2 heterocycles. The second kappa shape index (κ2) is 9.91. The Morgan fingerprint density at radius 2 is 1.90 bits per heavy atom. The maximum Gasteiger partial charge on any atom is 0.409 e. The minimum atomic E-state index is -0.250. The molecule has 1 fully saturated rings. The summed E-state index contributed by atoms with van der Waals surface area (Å²) in [4.78, 5) is 30.2.